The van der Waals surface area contributed by atoms with E-state index >= 15 is 0 Å². The first-order valence-corrected chi connectivity index (χ1v) is 13.4. The van der Waals surface area contributed by atoms with Gasteiger partial charge in [0, 0.05) is 49.1 Å². The van der Waals surface area contributed by atoms with Crippen LogP contribution in [0.15, 0.2) is 24.8 Å². The molecule has 1 saturated carbocycles. The molecule has 2 fully saturated rings. The zero-order valence-corrected chi connectivity index (χ0v) is 23.2. The van der Waals surface area contributed by atoms with E-state index in [1.807, 2.05) is 29.5 Å². The Morgan fingerprint density at radius 3 is 2.65 bits per heavy atom. The first kappa shape index (κ1) is 25.7. The topological polar surface area (TPSA) is 83.9 Å². The maximum Gasteiger partial charge on any atom is 0.245 e. The van der Waals surface area contributed by atoms with Gasteiger partial charge in [0.25, 0.3) is 0 Å². The van der Waals surface area contributed by atoms with Crippen LogP contribution in [-0.2, 0) is 30.1 Å². The van der Waals surface area contributed by atoms with Crippen molar-refractivity contribution in [1.82, 2.24) is 24.6 Å². The summed E-state index contributed by atoms with van der Waals surface area (Å²) in [5.41, 5.74) is 4.48. The molecule has 2 aromatic heterocycles. The van der Waals surface area contributed by atoms with Gasteiger partial charge in [-0.25, -0.2) is 4.98 Å². The standard InChI is InChI=1S/C29H36ClN5O2/c1-7-26(37)35-15-18(29(16-35)10-11-29)12-24(36)27-17(2)31-25(34(27)6)9-8-22-19-13-20(28(3,4)5)21(30)14-23(19)33-32-22/h7,13-14,18H,1,8-12,15-16H2,2-6H3,(H,32,33)/t18-/m0/s1. The number of nitrogens with one attached hydrogen (secondary N) is 1. The number of amides is 1. The number of aryl methyl sites for hydroxylation is 3. The average molecular weight is 522 g/mol. The van der Waals surface area contributed by atoms with Crippen LogP contribution in [0.1, 0.15) is 73.3 Å². The minimum Gasteiger partial charge on any atom is -0.338 e. The van der Waals surface area contributed by atoms with Gasteiger partial charge in [-0.05, 0) is 66.7 Å². The van der Waals surface area contributed by atoms with Crippen LogP contribution >= 0.6 is 11.6 Å². The van der Waals surface area contributed by atoms with Gasteiger partial charge in [-0.3, -0.25) is 14.7 Å². The largest absolute Gasteiger partial charge is 0.338 e. The summed E-state index contributed by atoms with van der Waals surface area (Å²) >= 11 is 6.53. The minimum absolute atomic E-state index is 0.0385. The molecule has 1 aliphatic carbocycles. The molecule has 7 nitrogen and oxygen atoms in total. The molecule has 1 amide bonds. The van der Waals surface area contributed by atoms with Crippen molar-refractivity contribution in [2.75, 3.05) is 13.1 Å². The first-order valence-electron chi connectivity index (χ1n) is 13.1. The number of hydrogen-bond donors (Lipinski definition) is 1. The van der Waals surface area contributed by atoms with Crippen molar-refractivity contribution >= 4 is 34.2 Å². The Morgan fingerprint density at radius 2 is 2.00 bits per heavy atom. The van der Waals surface area contributed by atoms with Crippen LogP contribution in [0.2, 0.25) is 5.02 Å². The number of aromatic amines is 1. The molecule has 37 heavy (non-hydrogen) atoms. The van der Waals surface area contributed by atoms with Gasteiger partial charge in [-0.2, -0.15) is 5.10 Å². The molecule has 0 bridgehead atoms. The van der Waals surface area contributed by atoms with Crippen LogP contribution in [0, 0.1) is 18.3 Å². The van der Waals surface area contributed by atoms with E-state index in [-0.39, 0.29) is 28.4 Å². The normalized spacial score (nSPS) is 18.6. The molecule has 0 radical (unpaired) electrons. The summed E-state index contributed by atoms with van der Waals surface area (Å²) in [5.74, 6) is 1.15. The first-order chi connectivity index (χ1) is 17.4. The summed E-state index contributed by atoms with van der Waals surface area (Å²) in [6.45, 7) is 13.4. The molecular formula is C29H36ClN5O2. The van der Waals surface area contributed by atoms with Crippen LogP contribution in [0.5, 0.6) is 0 Å². The molecule has 3 heterocycles. The van der Waals surface area contributed by atoms with E-state index in [1.54, 1.807) is 0 Å². The zero-order chi connectivity index (χ0) is 26.7. The van der Waals surface area contributed by atoms with E-state index < -0.39 is 0 Å². The third kappa shape index (κ3) is 4.63. The highest BCUT2D eigenvalue weighted by Gasteiger charge is 2.56. The Kier molecular flexibility index (Phi) is 6.34. The van der Waals surface area contributed by atoms with E-state index in [0.29, 0.717) is 25.1 Å². The minimum atomic E-state index is -0.0692. The second-order valence-corrected chi connectivity index (χ2v) is 12.3. The number of fused-ring (bicyclic) bond motifs is 1. The Labute approximate surface area is 223 Å². The van der Waals surface area contributed by atoms with Gasteiger partial charge in [0.2, 0.25) is 5.91 Å². The molecule has 196 valence electrons. The number of H-pyrrole nitrogens is 1. The smallest absolute Gasteiger partial charge is 0.245 e. The highest BCUT2D eigenvalue weighted by Crippen LogP contribution is 2.57. The van der Waals surface area contributed by atoms with Crippen LogP contribution in [0.4, 0.5) is 0 Å². The van der Waals surface area contributed by atoms with E-state index in [1.165, 1.54) is 6.08 Å². The maximum atomic E-state index is 13.5. The number of benzene rings is 1. The second kappa shape index (κ2) is 9.12. The van der Waals surface area contributed by atoms with Gasteiger partial charge in [-0.1, -0.05) is 39.0 Å². The molecule has 1 atom stereocenters. The van der Waals surface area contributed by atoms with Crippen LogP contribution in [0.25, 0.3) is 10.9 Å². The summed E-state index contributed by atoms with van der Waals surface area (Å²) in [6.07, 6.45) is 5.40. The van der Waals surface area contributed by atoms with Gasteiger partial charge in [0.1, 0.15) is 11.5 Å². The Bertz CT molecular complexity index is 1410. The zero-order valence-electron chi connectivity index (χ0n) is 22.4. The fraction of sp³-hybridized carbons (Fsp3) is 0.517. The van der Waals surface area contributed by atoms with Crippen LogP contribution in [0.3, 0.4) is 0 Å². The molecule has 1 aliphatic heterocycles. The van der Waals surface area contributed by atoms with E-state index in [9.17, 15) is 9.59 Å². The molecule has 5 rings (SSSR count). The number of nitrogens with zero attached hydrogens (tertiary/aromatic N) is 4. The highest BCUT2D eigenvalue weighted by atomic mass is 35.5. The third-order valence-corrected chi connectivity index (χ3v) is 8.69. The Hall–Kier alpha value is -2.93. The van der Waals surface area contributed by atoms with Crippen molar-refractivity contribution in [3.05, 3.63) is 58.3 Å². The van der Waals surface area contributed by atoms with Crippen molar-refractivity contribution in [3.63, 3.8) is 0 Å². The Balaban J connectivity index is 1.32. The number of carbonyl (C=O) groups is 2. The lowest BCUT2D eigenvalue weighted by atomic mass is 9.86. The molecule has 8 heteroatoms. The quantitative estimate of drug-likeness (QED) is 0.336. The summed E-state index contributed by atoms with van der Waals surface area (Å²) < 4.78 is 1.95. The van der Waals surface area contributed by atoms with Crippen molar-refractivity contribution < 1.29 is 9.59 Å². The van der Waals surface area contributed by atoms with E-state index in [4.69, 9.17) is 16.6 Å². The lowest BCUT2D eigenvalue weighted by Crippen LogP contribution is -2.27. The van der Waals surface area contributed by atoms with Crippen LogP contribution < -0.4 is 0 Å². The lowest BCUT2D eigenvalue weighted by Gasteiger charge is -2.20. The fourth-order valence-electron chi connectivity index (χ4n) is 6.05. The SMILES string of the molecule is C=CC(=O)N1C[C@H](CC(=O)c2c(C)nc(CCc3[nH]nc4cc(Cl)c(C(C)(C)C)cc34)n2C)C2(CC2)C1. The highest BCUT2D eigenvalue weighted by molar-refractivity contribution is 6.32. The maximum absolute atomic E-state index is 13.5. The molecule has 1 saturated heterocycles. The van der Waals surface area contributed by atoms with Crippen molar-refractivity contribution in [3.8, 4) is 0 Å². The summed E-state index contributed by atoms with van der Waals surface area (Å²) in [5, 5.41) is 9.45. The number of rotatable bonds is 7. The number of likely N-dealkylation sites (tertiary alicyclic amines) is 1. The number of imidazole rings is 1. The molecule has 2 aliphatic rings. The average Bonchev–Trinajstić information content (AvgIpc) is 3.24. The summed E-state index contributed by atoms with van der Waals surface area (Å²) in [7, 11) is 1.93. The summed E-state index contributed by atoms with van der Waals surface area (Å²) in [4.78, 5) is 32.3. The van der Waals surface area contributed by atoms with Gasteiger partial charge in [0.15, 0.2) is 5.78 Å². The summed E-state index contributed by atoms with van der Waals surface area (Å²) in [6, 6.07) is 4.07. The van der Waals surface area contributed by atoms with Crippen molar-refractivity contribution in [1.29, 1.82) is 0 Å². The molecule has 1 spiro atoms. The van der Waals surface area contributed by atoms with Gasteiger partial charge < -0.3 is 9.47 Å². The number of aromatic nitrogens is 4. The molecule has 1 aromatic carbocycles. The number of carbonyl (C=O) groups excluding carboxylic acids is 2. The molecular weight excluding hydrogens is 486 g/mol. The Morgan fingerprint density at radius 1 is 1.27 bits per heavy atom. The molecule has 0 unspecified atom stereocenters. The van der Waals surface area contributed by atoms with Gasteiger partial charge >= 0.3 is 0 Å². The van der Waals surface area contributed by atoms with Crippen LogP contribution in [-0.4, -0.2) is 49.4 Å². The van der Waals surface area contributed by atoms with Crippen molar-refractivity contribution in [2.24, 2.45) is 18.4 Å². The number of Topliss-reactive ketones (excluding diaryl/α,β-unsaturated/α-hetero) is 1. The number of halogens is 1. The van der Waals surface area contributed by atoms with E-state index in [0.717, 1.165) is 64.5 Å². The van der Waals surface area contributed by atoms with Gasteiger partial charge in [-0.15, -0.1) is 0 Å². The molecule has 3 aromatic rings. The second-order valence-electron chi connectivity index (χ2n) is 11.9. The van der Waals surface area contributed by atoms with Gasteiger partial charge in [0.05, 0.1) is 11.2 Å². The third-order valence-electron chi connectivity index (χ3n) is 8.38. The number of hydrogen-bond acceptors (Lipinski definition) is 4. The monoisotopic (exact) mass is 521 g/mol. The van der Waals surface area contributed by atoms with Crippen molar-refractivity contribution in [2.45, 2.75) is 65.2 Å². The fourth-order valence-corrected chi connectivity index (χ4v) is 6.49. The predicted molar refractivity (Wildman–Crippen MR) is 146 cm³/mol. The lowest BCUT2D eigenvalue weighted by molar-refractivity contribution is -0.125. The van der Waals surface area contributed by atoms with E-state index in [2.05, 4.69) is 43.6 Å². The molecule has 1 N–H and O–H groups in total. The predicted octanol–water partition coefficient (Wildman–Crippen LogP) is 5.34. The number of ketones is 1.